The van der Waals surface area contributed by atoms with Crippen LogP contribution in [-0.2, 0) is 6.54 Å². The van der Waals surface area contributed by atoms with Crippen molar-refractivity contribution in [1.29, 1.82) is 0 Å². The lowest BCUT2D eigenvalue weighted by Crippen LogP contribution is -2.31. The predicted octanol–water partition coefficient (Wildman–Crippen LogP) is 1.22. The minimum Gasteiger partial charge on any atom is -0.334 e. The summed E-state index contributed by atoms with van der Waals surface area (Å²) in [4.78, 5) is 8.76. The molecule has 2 aromatic heterocycles. The van der Waals surface area contributed by atoms with Gasteiger partial charge in [0.1, 0.15) is 11.9 Å². The van der Waals surface area contributed by atoms with Crippen molar-refractivity contribution < 1.29 is 0 Å². The molecule has 16 heavy (non-hydrogen) atoms. The number of hydrazine groups is 1. The quantitative estimate of drug-likeness (QED) is 0.619. The second-order valence-electron chi connectivity index (χ2n) is 3.46. The highest BCUT2D eigenvalue weighted by Gasteiger charge is 2.19. The van der Waals surface area contributed by atoms with Gasteiger partial charge in [-0.05, 0) is 13.8 Å². The molecule has 0 saturated heterocycles. The van der Waals surface area contributed by atoms with E-state index in [9.17, 15) is 0 Å². The summed E-state index contributed by atoms with van der Waals surface area (Å²) in [6.07, 6.45) is 3.72. The predicted molar refractivity (Wildman–Crippen MR) is 63.9 cm³/mol. The minimum absolute atomic E-state index is 0.139. The third kappa shape index (κ3) is 1.99. The standard InChI is InChI=1S/C10H15N5S/c1-3-15-5-4-12-10(15)9(14-11)8-6-16-7(2)13-8/h4-6,9,14H,3,11H2,1-2H3. The van der Waals surface area contributed by atoms with Crippen molar-refractivity contribution in [1.82, 2.24) is 20.0 Å². The van der Waals surface area contributed by atoms with Crippen LogP contribution in [0.25, 0.3) is 0 Å². The molecule has 86 valence electrons. The Labute approximate surface area is 98.3 Å². The molecule has 1 unspecified atom stereocenters. The van der Waals surface area contributed by atoms with Crippen LogP contribution in [0.15, 0.2) is 17.8 Å². The van der Waals surface area contributed by atoms with E-state index in [4.69, 9.17) is 5.84 Å². The fourth-order valence-corrected chi connectivity index (χ4v) is 2.29. The number of imidazole rings is 1. The maximum Gasteiger partial charge on any atom is 0.133 e. The van der Waals surface area contributed by atoms with Crippen LogP contribution in [0.4, 0.5) is 0 Å². The van der Waals surface area contributed by atoms with Gasteiger partial charge in [0.25, 0.3) is 0 Å². The molecule has 0 amide bonds. The van der Waals surface area contributed by atoms with Crippen molar-refractivity contribution in [3.8, 4) is 0 Å². The average Bonchev–Trinajstić information content (AvgIpc) is 2.89. The first-order valence-corrected chi connectivity index (χ1v) is 6.03. The Kier molecular flexibility index (Phi) is 3.33. The summed E-state index contributed by atoms with van der Waals surface area (Å²) in [5, 5.41) is 3.04. The van der Waals surface area contributed by atoms with Gasteiger partial charge in [-0.25, -0.2) is 15.4 Å². The Bertz CT molecular complexity index is 461. The Morgan fingerprint density at radius 2 is 2.44 bits per heavy atom. The van der Waals surface area contributed by atoms with Crippen molar-refractivity contribution in [3.05, 3.63) is 34.3 Å². The first-order valence-electron chi connectivity index (χ1n) is 5.15. The molecule has 0 aliphatic carbocycles. The molecule has 5 nitrogen and oxygen atoms in total. The Morgan fingerprint density at radius 1 is 1.62 bits per heavy atom. The van der Waals surface area contributed by atoms with Gasteiger partial charge >= 0.3 is 0 Å². The van der Waals surface area contributed by atoms with E-state index in [0.29, 0.717) is 0 Å². The molecular formula is C10H15N5S. The van der Waals surface area contributed by atoms with Crippen LogP contribution in [0, 0.1) is 6.92 Å². The molecule has 0 bridgehead atoms. The number of aryl methyl sites for hydroxylation is 2. The third-order valence-corrected chi connectivity index (χ3v) is 3.24. The van der Waals surface area contributed by atoms with Crippen LogP contribution >= 0.6 is 11.3 Å². The minimum atomic E-state index is -0.139. The van der Waals surface area contributed by atoms with Crippen LogP contribution in [0.1, 0.15) is 29.5 Å². The van der Waals surface area contributed by atoms with E-state index in [0.717, 1.165) is 23.1 Å². The molecule has 2 aromatic rings. The zero-order valence-corrected chi connectivity index (χ0v) is 10.2. The fraction of sp³-hybridized carbons (Fsp3) is 0.400. The van der Waals surface area contributed by atoms with E-state index in [1.807, 2.05) is 18.5 Å². The first kappa shape index (κ1) is 11.3. The van der Waals surface area contributed by atoms with E-state index in [-0.39, 0.29) is 6.04 Å². The summed E-state index contributed by atoms with van der Waals surface area (Å²) in [7, 11) is 0. The SMILES string of the molecule is CCn1ccnc1C(NN)c1csc(C)n1. The van der Waals surface area contributed by atoms with Crippen LogP contribution in [0.3, 0.4) is 0 Å². The number of nitrogens with one attached hydrogen (secondary N) is 1. The Morgan fingerprint density at radius 3 is 3.00 bits per heavy atom. The molecule has 0 radical (unpaired) electrons. The van der Waals surface area contributed by atoms with Crippen molar-refractivity contribution in [2.24, 2.45) is 5.84 Å². The highest BCUT2D eigenvalue weighted by molar-refractivity contribution is 7.09. The van der Waals surface area contributed by atoms with Gasteiger partial charge < -0.3 is 4.57 Å². The van der Waals surface area contributed by atoms with E-state index in [1.54, 1.807) is 17.5 Å². The van der Waals surface area contributed by atoms with Crippen molar-refractivity contribution in [3.63, 3.8) is 0 Å². The molecule has 2 heterocycles. The third-order valence-electron chi connectivity index (χ3n) is 2.45. The van der Waals surface area contributed by atoms with E-state index in [2.05, 4.69) is 26.9 Å². The lowest BCUT2D eigenvalue weighted by molar-refractivity contribution is 0.552. The zero-order valence-electron chi connectivity index (χ0n) is 9.34. The highest BCUT2D eigenvalue weighted by Crippen LogP contribution is 2.21. The number of aromatic nitrogens is 3. The van der Waals surface area contributed by atoms with Gasteiger partial charge in [-0.3, -0.25) is 5.84 Å². The van der Waals surface area contributed by atoms with E-state index < -0.39 is 0 Å². The molecule has 0 spiro atoms. The first-order chi connectivity index (χ1) is 7.76. The van der Waals surface area contributed by atoms with E-state index in [1.165, 1.54) is 0 Å². The van der Waals surface area contributed by atoms with Crippen molar-refractivity contribution in [2.45, 2.75) is 26.4 Å². The zero-order chi connectivity index (χ0) is 11.5. The molecular weight excluding hydrogens is 222 g/mol. The van der Waals surface area contributed by atoms with Crippen LogP contribution in [0.5, 0.6) is 0 Å². The lowest BCUT2D eigenvalue weighted by Gasteiger charge is -2.14. The molecule has 1 atom stereocenters. The number of hydrogen-bond donors (Lipinski definition) is 2. The number of nitrogens with two attached hydrogens (primary N) is 1. The summed E-state index contributed by atoms with van der Waals surface area (Å²) >= 11 is 1.62. The summed E-state index contributed by atoms with van der Waals surface area (Å²) in [5.74, 6) is 6.49. The number of thiazole rings is 1. The molecule has 0 aromatic carbocycles. The van der Waals surface area contributed by atoms with Gasteiger partial charge in [0.2, 0.25) is 0 Å². The number of rotatable bonds is 4. The van der Waals surface area contributed by atoms with Crippen molar-refractivity contribution in [2.75, 3.05) is 0 Å². The van der Waals surface area contributed by atoms with Gasteiger partial charge in [0.05, 0.1) is 10.7 Å². The lowest BCUT2D eigenvalue weighted by atomic mass is 10.2. The van der Waals surface area contributed by atoms with Gasteiger partial charge in [-0.2, -0.15) is 0 Å². The smallest absolute Gasteiger partial charge is 0.133 e. The largest absolute Gasteiger partial charge is 0.334 e. The molecule has 0 fully saturated rings. The molecule has 0 aliphatic heterocycles. The number of hydrogen-bond acceptors (Lipinski definition) is 5. The van der Waals surface area contributed by atoms with Crippen LogP contribution < -0.4 is 11.3 Å². The Hall–Kier alpha value is -1.24. The van der Waals surface area contributed by atoms with Gasteiger partial charge in [-0.1, -0.05) is 0 Å². The maximum absolute atomic E-state index is 5.59. The molecule has 0 aliphatic rings. The monoisotopic (exact) mass is 237 g/mol. The summed E-state index contributed by atoms with van der Waals surface area (Å²) in [6, 6.07) is -0.139. The van der Waals surface area contributed by atoms with Gasteiger partial charge in [-0.15, -0.1) is 11.3 Å². The van der Waals surface area contributed by atoms with E-state index >= 15 is 0 Å². The fourth-order valence-electron chi connectivity index (χ4n) is 1.65. The topological polar surface area (TPSA) is 68.8 Å². The Balaban J connectivity index is 2.36. The van der Waals surface area contributed by atoms with Crippen molar-refractivity contribution >= 4 is 11.3 Å². The molecule has 2 rings (SSSR count). The molecule has 3 N–H and O–H groups in total. The average molecular weight is 237 g/mol. The molecule has 6 heteroatoms. The number of nitrogens with zero attached hydrogens (tertiary/aromatic N) is 3. The summed E-state index contributed by atoms with van der Waals surface area (Å²) < 4.78 is 2.05. The van der Waals surface area contributed by atoms with Crippen LogP contribution in [0.2, 0.25) is 0 Å². The maximum atomic E-state index is 5.59. The normalized spacial score (nSPS) is 12.9. The van der Waals surface area contributed by atoms with Gasteiger partial charge in [0.15, 0.2) is 0 Å². The summed E-state index contributed by atoms with van der Waals surface area (Å²) in [5.41, 5.74) is 3.69. The second kappa shape index (κ2) is 4.73. The van der Waals surface area contributed by atoms with Crippen LogP contribution in [-0.4, -0.2) is 14.5 Å². The molecule has 0 saturated carbocycles. The highest BCUT2D eigenvalue weighted by atomic mass is 32.1. The summed E-state index contributed by atoms with van der Waals surface area (Å²) in [6.45, 7) is 4.93. The second-order valence-corrected chi connectivity index (χ2v) is 4.52. The van der Waals surface area contributed by atoms with Gasteiger partial charge in [0, 0.05) is 24.3 Å².